The second kappa shape index (κ2) is 7.43. The molecule has 1 fully saturated rings. The lowest BCUT2D eigenvalue weighted by Crippen LogP contribution is -2.51. The zero-order chi connectivity index (χ0) is 15.3. The average molecular weight is 282 g/mol. The van der Waals surface area contributed by atoms with Gasteiger partial charge in [0.15, 0.2) is 0 Å². The molecule has 1 aliphatic rings. The summed E-state index contributed by atoms with van der Waals surface area (Å²) in [7, 11) is 0. The van der Waals surface area contributed by atoms with Gasteiger partial charge < -0.3 is 10.4 Å². The van der Waals surface area contributed by atoms with Crippen LogP contribution < -0.4 is 10.6 Å². The van der Waals surface area contributed by atoms with Crippen LogP contribution >= 0.6 is 0 Å². The van der Waals surface area contributed by atoms with Gasteiger partial charge >= 0.3 is 5.97 Å². The normalized spacial score (nSPS) is 27.9. The molecule has 0 radical (unpaired) electrons. The summed E-state index contributed by atoms with van der Waals surface area (Å²) in [5, 5.41) is 15.3. The van der Waals surface area contributed by atoms with Crippen molar-refractivity contribution < 1.29 is 14.7 Å². The van der Waals surface area contributed by atoms with Crippen LogP contribution in [0.1, 0.15) is 40.5 Å². The van der Waals surface area contributed by atoms with E-state index >= 15 is 0 Å². The molecule has 0 aromatic carbocycles. The van der Waals surface area contributed by atoms with E-state index < -0.39 is 12.0 Å². The topological polar surface area (TPSA) is 78.4 Å². The zero-order valence-electron chi connectivity index (χ0n) is 12.7. The minimum absolute atomic E-state index is 0.0291. The summed E-state index contributed by atoms with van der Waals surface area (Å²) in [6.45, 7) is 7.63. The first-order valence-corrected chi connectivity index (χ1v) is 7.23. The second-order valence-corrected chi connectivity index (χ2v) is 5.95. The fourth-order valence-corrected chi connectivity index (χ4v) is 2.94. The molecule has 0 bridgehead atoms. The van der Waals surface area contributed by atoms with Crippen molar-refractivity contribution in [2.45, 2.75) is 58.7 Å². The lowest BCUT2D eigenvalue weighted by molar-refractivity contribution is -0.139. The Bertz CT molecular complexity index is 379. The van der Waals surface area contributed by atoms with E-state index in [9.17, 15) is 14.7 Å². The van der Waals surface area contributed by atoms with E-state index in [2.05, 4.69) is 24.5 Å². The van der Waals surface area contributed by atoms with Crippen LogP contribution in [0.4, 0.5) is 0 Å². The van der Waals surface area contributed by atoms with Crippen molar-refractivity contribution >= 4 is 11.9 Å². The fourth-order valence-electron chi connectivity index (χ4n) is 2.94. The molecular formula is C15H26N2O3. The van der Waals surface area contributed by atoms with Gasteiger partial charge in [-0.05, 0) is 31.6 Å². The number of hydrogen-bond donors (Lipinski definition) is 3. The van der Waals surface area contributed by atoms with Crippen LogP contribution in [0.2, 0.25) is 0 Å². The maximum atomic E-state index is 11.4. The van der Waals surface area contributed by atoms with E-state index in [1.165, 1.54) is 6.92 Å². The molecule has 0 saturated carbocycles. The van der Waals surface area contributed by atoms with Crippen molar-refractivity contribution in [3.05, 3.63) is 12.2 Å². The maximum Gasteiger partial charge on any atom is 0.320 e. The van der Waals surface area contributed by atoms with Crippen LogP contribution in [0.5, 0.6) is 0 Å². The molecule has 5 heteroatoms. The van der Waals surface area contributed by atoms with E-state index in [4.69, 9.17) is 0 Å². The third kappa shape index (κ3) is 4.63. The van der Waals surface area contributed by atoms with E-state index in [1.54, 1.807) is 0 Å². The summed E-state index contributed by atoms with van der Waals surface area (Å²) >= 11 is 0. The number of allylic oxidation sites excluding steroid dienone is 1. The van der Waals surface area contributed by atoms with E-state index in [0.717, 1.165) is 6.42 Å². The van der Waals surface area contributed by atoms with E-state index in [1.807, 2.05) is 19.1 Å². The molecule has 0 aliphatic carbocycles. The smallest absolute Gasteiger partial charge is 0.320 e. The molecular weight excluding hydrogens is 256 g/mol. The van der Waals surface area contributed by atoms with Crippen molar-refractivity contribution in [1.82, 2.24) is 10.6 Å². The van der Waals surface area contributed by atoms with Crippen molar-refractivity contribution in [2.24, 2.45) is 11.8 Å². The first-order chi connectivity index (χ1) is 9.35. The molecule has 5 nitrogen and oxygen atoms in total. The summed E-state index contributed by atoms with van der Waals surface area (Å²) in [5.41, 5.74) is 0. The monoisotopic (exact) mass is 282 g/mol. The third-order valence-corrected chi connectivity index (χ3v) is 3.65. The SMILES string of the molecule is C/C=C/[C@@H]1C[C@H](C(=O)O)N[C@H]1[C@H](CC(C)C)NC(C)=O. The minimum atomic E-state index is -0.826. The van der Waals surface area contributed by atoms with Crippen LogP contribution in [0.15, 0.2) is 12.2 Å². The van der Waals surface area contributed by atoms with Crippen LogP contribution in [-0.4, -0.2) is 35.1 Å². The number of rotatable bonds is 6. The van der Waals surface area contributed by atoms with Crippen LogP contribution in [0.25, 0.3) is 0 Å². The van der Waals surface area contributed by atoms with Gasteiger partial charge in [0.25, 0.3) is 0 Å². The van der Waals surface area contributed by atoms with Crippen molar-refractivity contribution in [1.29, 1.82) is 0 Å². The predicted octanol–water partition coefficient (Wildman–Crippen LogP) is 1.54. The summed E-state index contributed by atoms with van der Waals surface area (Å²) < 4.78 is 0. The highest BCUT2D eigenvalue weighted by atomic mass is 16.4. The van der Waals surface area contributed by atoms with E-state index in [-0.39, 0.29) is 23.9 Å². The Morgan fingerprint density at radius 1 is 1.45 bits per heavy atom. The summed E-state index contributed by atoms with van der Waals surface area (Å²) in [6.07, 6.45) is 5.38. The minimum Gasteiger partial charge on any atom is -0.480 e. The number of carbonyl (C=O) groups excluding carboxylic acids is 1. The number of carboxylic acid groups (broad SMARTS) is 1. The van der Waals surface area contributed by atoms with Gasteiger partial charge in [-0.1, -0.05) is 26.0 Å². The van der Waals surface area contributed by atoms with E-state index in [0.29, 0.717) is 12.3 Å². The van der Waals surface area contributed by atoms with Gasteiger partial charge in [0.05, 0.1) is 0 Å². The van der Waals surface area contributed by atoms with Crippen molar-refractivity contribution in [3.63, 3.8) is 0 Å². The highest BCUT2D eigenvalue weighted by Crippen LogP contribution is 2.27. The Morgan fingerprint density at radius 3 is 2.55 bits per heavy atom. The molecule has 1 aliphatic heterocycles. The molecule has 3 N–H and O–H groups in total. The van der Waals surface area contributed by atoms with Crippen LogP contribution in [0.3, 0.4) is 0 Å². The highest BCUT2D eigenvalue weighted by molar-refractivity contribution is 5.75. The molecule has 114 valence electrons. The number of carboxylic acids is 1. The van der Waals surface area contributed by atoms with Gasteiger partial charge in [-0.15, -0.1) is 0 Å². The highest BCUT2D eigenvalue weighted by Gasteiger charge is 2.40. The number of hydrogen-bond acceptors (Lipinski definition) is 3. The van der Waals surface area contributed by atoms with Crippen molar-refractivity contribution in [2.75, 3.05) is 0 Å². The molecule has 0 aromatic rings. The number of amides is 1. The Labute approximate surface area is 120 Å². The largest absolute Gasteiger partial charge is 0.480 e. The number of carbonyl (C=O) groups is 2. The average Bonchev–Trinajstić information content (AvgIpc) is 2.71. The molecule has 1 saturated heterocycles. The molecule has 1 amide bonds. The van der Waals surface area contributed by atoms with Gasteiger partial charge in [0.1, 0.15) is 6.04 Å². The Hall–Kier alpha value is -1.36. The maximum absolute atomic E-state index is 11.4. The molecule has 0 aromatic heterocycles. The predicted molar refractivity (Wildman–Crippen MR) is 78.3 cm³/mol. The van der Waals surface area contributed by atoms with Gasteiger partial charge in [0.2, 0.25) is 5.91 Å². The van der Waals surface area contributed by atoms with Gasteiger partial charge in [0, 0.05) is 19.0 Å². The quantitative estimate of drug-likeness (QED) is 0.646. The molecule has 0 unspecified atom stereocenters. The Morgan fingerprint density at radius 2 is 2.10 bits per heavy atom. The van der Waals surface area contributed by atoms with Gasteiger partial charge in [-0.2, -0.15) is 0 Å². The van der Waals surface area contributed by atoms with Gasteiger partial charge in [-0.25, -0.2) is 0 Å². The first kappa shape index (κ1) is 16.7. The Kier molecular flexibility index (Phi) is 6.20. The summed E-state index contributed by atoms with van der Waals surface area (Å²) in [4.78, 5) is 22.6. The molecule has 1 heterocycles. The number of nitrogens with one attached hydrogen (secondary N) is 2. The molecule has 20 heavy (non-hydrogen) atoms. The molecule has 4 atom stereocenters. The molecule has 1 rings (SSSR count). The Balaban J connectivity index is 2.89. The van der Waals surface area contributed by atoms with Crippen LogP contribution in [0, 0.1) is 11.8 Å². The zero-order valence-corrected chi connectivity index (χ0v) is 12.7. The lowest BCUT2D eigenvalue weighted by atomic mass is 9.88. The third-order valence-electron chi connectivity index (χ3n) is 3.65. The summed E-state index contributed by atoms with van der Waals surface area (Å²) in [5.74, 6) is -0.330. The standard InChI is InChI=1S/C15H26N2O3/c1-5-6-11-8-13(15(19)20)17-14(11)12(7-9(2)3)16-10(4)18/h5-6,9,11-14,17H,7-8H2,1-4H3,(H,16,18)(H,19,20)/b6-5+/t11-,12+,13-,14-/m1/s1. The van der Waals surface area contributed by atoms with Crippen LogP contribution in [-0.2, 0) is 9.59 Å². The fraction of sp³-hybridized carbons (Fsp3) is 0.733. The van der Waals surface area contributed by atoms with Crippen molar-refractivity contribution in [3.8, 4) is 0 Å². The number of aliphatic carboxylic acids is 1. The molecule has 0 spiro atoms. The second-order valence-electron chi connectivity index (χ2n) is 5.95. The van der Waals surface area contributed by atoms with Gasteiger partial charge in [-0.3, -0.25) is 14.9 Å². The first-order valence-electron chi connectivity index (χ1n) is 7.23. The summed E-state index contributed by atoms with van der Waals surface area (Å²) in [6, 6.07) is -0.610. The lowest BCUT2D eigenvalue weighted by Gasteiger charge is -2.29.